The van der Waals surface area contributed by atoms with E-state index in [1.165, 1.54) is 5.56 Å². The highest BCUT2D eigenvalue weighted by Gasteiger charge is 2.18. The Morgan fingerprint density at radius 1 is 1.19 bits per heavy atom. The highest BCUT2D eigenvalue weighted by molar-refractivity contribution is 5.33. The molecule has 2 N–H and O–H groups in total. The van der Waals surface area contributed by atoms with Gasteiger partial charge >= 0.3 is 0 Å². The molecular weight excluding hydrogens is 200 g/mol. The predicted octanol–water partition coefficient (Wildman–Crippen LogP) is 1.77. The molecule has 1 aromatic carbocycles. The fourth-order valence-corrected chi connectivity index (χ4v) is 1.38. The summed E-state index contributed by atoms with van der Waals surface area (Å²) in [5, 5.41) is 8.14. The number of aryl methyl sites for hydroxylation is 1. The van der Waals surface area contributed by atoms with Crippen LogP contribution in [0.1, 0.15) is 25.1 Å². The fraction of sp³-hybridized carbons (Fsp3) is 0.333. The molecule has 0 saturated carbocycles. The van der Waals surface area contributed by atoms with Crippen LogP contribution in [-0.4, -0.2) is 15.0 Å². The minimum atomic E-state index is -0.455. The first kappa shape index (κ1) is 10.8. The third-order valence-electron chi connectivity index (χ3n) is 2.45. The van der Waals surface area contributed by atoms with Crippen molar-refractivity contribution < 1.29 is 0 Å². The van der Waals surface area contributed by atoms with E-state index < -0.39 is 5.54 Å². The van der Waals surface area contributed by atoms with E-state index in [0.29, 0.717) is 0 Å². The number of hydrogen-bond acceptors (Lipinski definition) is 3. The summed E-state index contributed by atoms with van der Waals surface area (Å²) in [6.45, 7) is 5.88. The van der Waals surface area contributed by atoms with E-state index in [4.69, 9.17) is 5.73 Å². The lowest BCUT2D eigenvalue weighted by Gasteiger charge is -2.13. The van der Waals surface area contributed by atoms with Crippen LogP contribution in [0.5, 0.6) is 0 Å². The highest BCUT2D eigenvalue weighted by Crippen LogP contribution is 2.15. The zero-order valence-electron chi connectivity index (χ0n) is 9.81. The Bertz CT molecular complexity index is 476. The second-order valence-electron chi connectivity index (χ2n) is 4.61. The molecule has 0 fully saturated rings. The third-order valence-corrected chi connectivity index (χ3v) is 2.45. The van der Waals surface area contributed by atoms with Gasteiger partial charge in [-0.05, 0) is 32.9 Å². The van der Waals surface area contributed by atoms with E-state index in [1.54, 1.807) is 4.68 Å². The Balaban J connectivity index is 2.35. The normalized spacial score (nSPS) is 11.8. The Kier molecular flexibility index (Phi) is 2.52. The van der Waals surface area contributed by atoms with Gasteiger partial charge < -0.3 is 5.73 Å². The number of benzene rings is 1. The smallest absolute Gasteiger partial charge is 0.102 e. The molecule has 0 amide bonds. The number of rotatable bonds is 2. The van der Waals surface area contributed by atoms with E-state index in [9.17, 15) is 0 Å². The topological polar surface area (TPSA) is 56.7 Å². The molecule has 2 aromatic rings. The predicted molar refractivity (Wildman–Crippen MR) is 63.3 cm³/mol. The summed E-state index contributed by atoms with van der Waals surface area (Å²) in [6, 6.07) is 8.11. The van der Waals surface area contributed by atoms with Crippen LogP contribution in [0.3, 0.4) is 0 Å². The summed E-state index contributed by atoms with van der Waals surface area (Å²) in [4.78, 5) is 0. The molecule has 16 heavy (non-hydrogen) atoms. The molecule has 4 nitrogen and oxygen atoms in total. The van der Waals surface area contributed by atoms with Crippen molar-refractivity contribution in [2.45, 2.75) is 26.3 Å². The number of hydrogen-bond donors (Lipinski definition) is 1. The first-order valence-electron chi connectivity index (χ1n) is 5.25. The second kappa shape index (κ2) is 3.72. The summed E-state index contributed by atoms with van der Waals surface area (Å²) < 4.78 is 1.74. The molecule has 0 saturated heterocycles. The SMILES string of the molecule is Cc1ccc(-n2cc(C(C)(C)N)nn2)cc1. The maximum absolute atomic E-state index is 5.96. The van der Waals surface area contributed by atoms with E-state index >= 15 is 0 Å². The molecule has 84 valence electrons. The Hall–Kier alpha value is -1.68. The van der Waals surface area contributed by atoms with Crippen LogP contribution in [-0.2, 0) is 5.54 Å². The summed E-state index contributed by atoms with van der Waals surface area (Å²) in [5.41, 5.74) is 8.51. The third kappa shape index (κ3) is 2.12. The van der Waals surface area contributed by atoms with Gasteiger partial charge in [0.15, 0.2) is 0 Å². The lowest BCUT2D eigenvalue weighted by molar-refractivity contribution is 0.533. The first-order valence-corrected chi connectivity index (χ1v) is 5.25. The largest absolute Gasteiger partial charge is 0.320 e. The maximum Gasteiger partial charge on any atom is 0.102 e. The van der Waals surface area contributed by atoms with Crippen LogP contribution < -0.4 is 5.73 Å². The van der Waals surface area contributed by atoms with Gasteiger partial charge in [-0.15, -0.1) is 5.10 Å². The van der Waals surface area contributed by atoms with Gasteiger partial charge in [-0.1, -0.05) is 22.9 Å². The van der Waals surface area contributed by atoms with E-state index in [0.717, 1.165) is 11.4 Å². The second-order valence-corrected chi connectivity index (χ2v) is 4.61. The Labute approximate surface area is 95.1 Å². The number of nitrogens with two attached hydrogens (primary N) is 1. The van der Waals surface area contributed by atoms with Gasteiger partial charge in [0.05, 0.1) is 17.4 Å². The molecule has 1 heterocycles. The van der Waals surface area contributed by atoms with Gasteiger partial charge in [0, 0.05) is 0 Å². The van der Waals surface area contributed by atoms with E-state index in [2.05, 4.69) is 17.2 Å². The molecule has 0 aliphatic carbocycles. The summed E-state index contributed by atoms with van der Waals surface area (Å²) in [6.07, 6.45) is 1.87. The van der Waals surface area contributed by atoms with Crippen LogP contribution in [0.25, 0.3) is 5.69 Å². The van der Waals surface area contributed by atoms with Crippen LogP contribution in [0, 0.1) is 6.92 Å². The monoisotopic (exact) mass is 216 g/mol. The average molecular weight is 216 g/mol. The number of nitrogens with zero attached hydrogens (tertiary/aromatic N) is 3. The van der Waals surface area contributed by atoms with Gasteiger partial charge in [0.2, 0.25) is 0 Å². The zero-order valence-corrected chi connectivity index (χ0v) is 9.81. The van der Waals surface area contributed by atoms with E-state index in [-0.39, 0.29) is 0 Å². The van der Waals surface area contributed by atoms with Crippen LogP contribution >= 0.6 is 0 Å². The molecule has 0 bridgehead atoms. The molecule has 2 rings (SSSR count). The van der Waals surface area contributed by atoms with Crippen LogP contribution in [0.4, 0.5) is 0 Å². The van der Waals surface area contributed by atoms with Crippen LogP contribution in [0.2, 0.25) is 0 Å². The standard InChI is InChI=1S/C12H16N4/c1-9-4-6-10(7-5-9)16-8-11(14-15-16)12(2,3)13/h4-8H,13H2,1-3H3. The molecule has 0 aliphatic rings. The van der Waals surface area contributed by atoms with Gasteiger partial charge in [-0.3, -0.25) is 0 Å². The van der Waals surface area contributed by atoms with Crippen molar-refractivity contribution in [3.8, 4) is 5.69 Å². The minimum absolute atomic E-state index is 0.455. The molecule has 0 unspecified atom stereocenters. The van der Waals surface area contributed by atoms with Crippen molar-refractivity contribution in [1.29, 1.82) is 0 Å². The van der Waals surface area contributed by atoms with Gasteiger partial charge in [-0.2, -0.15) is 0 Å². The molecule has 0 aliphatic heterocycles. The summed E-state index contributed by atoms with van der Waals surface area (Å²) in [5.74, 6) is 0. The Morgan fingerprint density at radius 3 is 2.31 bits per heavy atom. The molecule has 0 radical (unpaired) electrons. The Morgan fingerprint density at radius 2 is 1.81 bits per heavy atom. The maximum atomic E-state index is 5.96. The van der Waals surface area contributed by atoms with Gasteiger partial charge in [0.1, 0.15) is 5.69 Å². The average Bonchev–Trinajstić information content (AvgIpc) is 2.67. The molecule has 0 atom stereocenters. The lowest BCUT2D eigenvalue weighted by Crippen LogP contribution is -2.29. The lowest BCUT2D eigenvalue weighted by atomic mass is 10.0. The summed E-state index contributed by atoms with van der Waals surface area (Å²) >= 11 is 0. The molecular formula is C12H16N4. The summed E-state index contributed by atoms with van der Waals surface area (Å²) in [7, 11) is 0. The van der Waals surface area contributed by atoms with Crippen molar-refractivity contribution in [2.75, 3.05) is 0 Å². The molecule has 1 aromatic heterocycles. The van der Waals surface area contributed by atoms with E-state index in [1.807, 2.05) is 44.3 Å². The van der Waals surface area contributed by atoms with Crippen molar-refractivity contribution in [2.24, 2.45) is 5.73 Å². The highest BCUT2D eigenvalue weighted by atomic mass is 15.4. The van der Waals surface area contributed by atoms with Crippen molar-refractivity contribution in [1.82, 2.24) is 15.0 Å². The van der Waals surface area contributed by atoms with Crippen molar-refractivity contribution in [3.63, 3.8) is 0 Å². The molecule has 0 spiro atoms. The number of aromatic nitrogens is 3. The van der Waals surface area contributed by atoms with Crippen molar-refractivity contribution >= 4 is 0 Å². The fourth-order valence-electron chi connectivity index (χ4n) is 1.38. The zero-order chi connectivity index (χ0) is 11.8. The van der Waals surface area contributed by atoms with Crippen molar-refractivity contribution in [3.05, 3.63) is 41.7 Å². The minimum Gasteiger partial charge on any atom is -0.320 e. The van der Waals surface area contributed by atoms with Gasteiger partial charge in [0.25, 0.3) is 0 Å². The quantitative estimate of drug-likeness (QED) is 0.832. The van der Waals surface area contributed by atoms with Gasteiger partial charge in [-0.25, -0.2) is 4.68 Å². The van der Waals surface area contributed by atoms with Crippen LogP contribution in [0.15, 0.2) is 30.5 Å². The molecule has 4 heteroatoms. The first-order chi connectivity index (χ1) is 7.47.